The number of benzene rings is 2. The van der Waals surface area contributed by atoms with Crippen LogP contribution in [0.2, 0.25) is 15.1 Å². The summed E-state index contributed by atoms with van der Waals surface area (Å²) in [5, 5.41) is 15.4. The van der Waals surface area contributed by atoms with Crippen molar-refractivity contribution in [3.63, 3.8) is 0 Å². The van der Waals surface area contributed by atoms with Gasteiger partial charge in [-0.1, -0.05) is 62.9 Å². The third-order valence-corrected chi connectivity index (χ3v) is 6.40. The summed E-state index contributed by atoms with van der Waals surface area (Å²) < 4.78 is 0.922. The molecule has 6 heteroatoms. The molecule has 1 aliphatic carbocycles. The van der Waals surface area contributed by atoms with E-state index in [1.54, 1.807) is 12.1 Å². The standard InChI is InChI=1S/C18H13BrCl3NO/c19-8-4-5-14(24)11(6-8)17-10-3-1-2-9(10)15-16(22)12(20)7-13(21)18(15)23-17/h1-2,4-7,9-10,17,23-24H,3H2. The van der Waals surface area contributed by atoms with Crippen LogP contribution >= 0.6 is 50.7 Å². The normalized spacial score (nSPS) is 24.4. The highest BCUT2D eigenvalue weighted by atomic mass is 79.9. The van der Waals surface area contributed by atoms with Crippen molar-refractivity contribution in [1.29, 1.82) is 0 Å². The van der Waals surface area contributed by atoms with Crippen molar-refractivity contribution in [2.45, 2.75) is 18.4 Å². The first kappa shape index (κ1) is 16.6. The average molecular weight is 446 g/mol. The minimum absolute atomic E-state index is 0.0651. The summed E-state index contributed by atoms with van der Waals surface area (Å²) in [6.45, 7) is 0. The van der Waals surface area contributed by atoms with E-state index >= 15 is 0 Å². The zero-order valence-electron chi connectivity index (χ0n) is 12.4. The van der Waals surface area contributed by atoms with Crippen molar-refractivity contribution in [2.75, 3.05) is 5.32 Å². The fourth-order valence-electron chi connectivity index (χ4n) is 3.74. The summed E-state index contributed by atoms with van der Waals surface area (Å²) >= 11 is 22.6. The zero-order chi connectivity index (χ0) is 17.0. The lowest BCUT2D eigenvalue weighted by Gasteiger charge is -2.38. The molecule has 0 saturated carbocycles. The van der Waals surface area contributed by atoms with Crippen LogP contribution in [0, 0.1) is 5.92 Å². The Morgan fingerprint density at radius 3 is 2.71 bits per heavy atom. The number of halogens is 4. The molecule has 0 aromatic heterocycles. The molecule has 2 nitrogen and oxygen atoms in total. The quantitative estimate of drug-likeness (QED) is 0.368. The van der Waals surface area contributed by atoms with Crippen LogP contribution in [0.5, 0.6) is 5.75 Å². The molecule has 4 rings (SSSR count). The van der Waals surface area contributed by atoms with Gasteiger partial charge in [-0.2, -0.15) is 0 Å². The largest absolute Gasteiger partial charge is 0.508 e. The summed E-state index contributed by atoms with van der Waals surface area (Å²) in [6, 6.07) is 7.06. The number of phenolic OH excluding ortho intramolecular Hbond substituents is 1. The Morgan fingerprint density at radius 2 is 1.92 bits per heavy atom. The molecule has 24 heavy (non-hydrogen) atoms. The number of phenols is 1. The van der Waals surface area contributed by atoms with Crippen molar-refractivity contribution in [2.24, 2.45) is 5.92 Å². The summed E-state index contributed by atoms with van der Waals surface area (Å²) in [6.07, 6.45) is 5.21. The molecule has 2 N–H and O–H groups in total. The van der Waals surface area contributed by atoms with Gasteiger partial charge in [0.15, 0.2) is 0 Å². The first-order valence-electron chi connectivity index (χ1n) is 7.56. The van der Waals surface area contributed by atoms with Gasteiger partial charge in [0.25, 0.3) is 0 Å². The van der Waals surface area contributed by atoms with Gasteiger partial charge in [0, 0.05) is 21.5 Å². The van der Waals surface area contributed by atoms with Gasteiger partial charge >= 0.3 is 0 Å². The lowest BCUT2D eigenvalue weighted by atomic mass is 9.77. The number of aromatic hydroxyl groups is 1. The summed E-state index contributed by atoms with van der Waals surface area (Å²) in [5.74, 6) is 0.624. The molecule has 0 fully saturated rings. The zero-order valence-corrected chi connectivity index (χ0v) is 16.2. The third kappa shape index (κ3) is 2.53. The molecule has 1 aliphatic heterocycles. The van der Waals surface area contributed by atoms with Crippen LogP contribution in [0.4, 0.5) is 5.69 Å². The predicted molar refractivity (Wildman–Crippen MR) is 104 cm³/mol. The maximum Gasteiger partial charge on any atom is 0.120 e. The van der Waals surface area contributed by atoms with Gasteiger partial charge in [-0.3, -0.25) is 0 Å². The van der Waals surface area contributed by atoms with E-state index in [1.807, 2.05) is 12.1 Å². The van der Waals surface area contributed by atoms with Gasteiger partial charge in [-0.15, -0.1) is 0 Å². The first-order chi connectivity index (χ1) is 11.5. The minimum Gasteiger partial charge on any atom is -0.508 e. The fraction of sp³-hybridized carbons (Fsp3) is 0.222. The molecule has 0 amide bonds. The van der Waals surface area contributed by atoms with E-state index in [0.29, 0.717) is 15.1 Å². The summed E-state index contributed by atoms with van der Waals surface area (Å²) in [7, 11) is 0. The Kier molecular flexibility index (Phi) is 4.24. The highest BCUT2D eigenvalue weighted by Crippen LogP contribution is 2.55. The molecule has 0 bridgehead atoms. The average Bonchev–Trinajstić information content (AvgIpc) is 3.03. The number of rotatable bonds is 1. The van der Waals surface area contributed by atoms with Crippen LogP contribution in [-0.2, 0) is 0 Å². The number of allylic oxidation sites excluding steroid dienone is 2. The lowest BCUT2D eigenvalue weighted by Crippen LogP contribution is -2.29. The third-order valence-electron chi connectivity index (χ3n) is 4.81. The van der Waals surface area contributed by atoms with Crippen molar-refractivity contribution in [3.05, 3.63) is 67.1 Å². The van der Waals surface area contributed by atoms with Gasteiger partial charge in [-0.05, 0) is 36.6 Å². The fourth-order valence-corrected chi connectivity index (χ4v) is 4.93. The van der Waals surface area contributed by atoms with E-state index in [0.717, 1.165) is 27.7 Å². The topological polar surface area (TPSA) is 32.3 Å². The van der Waals surface area contributed by atoms with Crippen molar-refractivity contribution >= 4 is 56.4 Å². The van der Waals surface area contributed by atoms with E-state index in [4.69, 9.17) is 34.8 Å². The Bertz CT molecular complexity index is 868. The Hall–Kier alpha value is -0.870. The number of fused-ring (bicyclic) bond motifs is 3. The molecule has 124 valence electrons. The van der Waals surface area contributed by atoms with Crippen molar-refractivity contribution in [3.8, 4) is 5.75 Å². The lowest BCUT2D eigenvalue weighted by molar-refractivity contribution is 0.402. The minimum atomic E-state index is -0.0651. The van der Waals surface area contributed by atoms with Gasteiger partial charge in [0.05, 0.1) is 26.8 Å². The van der Waals surface area contributed by atoms with Crippen LogP contribution < -0.4 is 5.32 Å². The Labute approximate surface area is 163 Å². The maximum atomic E-state index is 10.4. The van der Waals surface area contributed by atoms with E-state index in [9.17, 15) is 5.11 Å². The Morgan fingerprint density at radius 1 is 1.12 bits per heavy atom. The van der Waals surface area contributed by atoms with E-state index in [2.05, 4.69) is 33.4 Å². The number of nitrogens with one attached hydrogen (secondary N) is 1. The molecule has 0 saturated heterocycles. The van der Waals surface area contributed by atoms with Crippen LogP contribution in [0.25, 0.3) is 0 Å². The highest BCUT2D eigenvalue weighted by Gasteiger charge is 2.41. The number of hydrogen-bond acceptors (Lipinski definition) is 2. The van der Waals surface area contributed by atoms with Crippen LogP contribution in [0.3, 0.4) is 0 Å². The van der Waals surface area contributed by atoms with E-state index in [-0.39, 0.29) is 23.6 Å². The SMILES string of the molecule is Oc1ccc(Br)cc1C1Nc2c(Cl)cc(Cl)c(Cl)c2C2C=CCC21. The monoisotopic (exact) mass is 443 g/mol. The van der Waals surface area contributed by atoms with Crippen LogP contribution in [-0.4, -0.2) is 5.11 Å². The second-order valence-electron chi connectivity index (χ2n) is 6.12. The molecular weight excluding hydrogens is 432 g/mol. The van der Waals surface area contributed by atoms with E-state index in [1.165, 1.54) is 0 Å². The smallest absolute Gasteiger partial charge is 0.120 e. The van der Waals surface area contributed by atoms with Crippen molar-refractivity contribution in [1.82, 2.24) is 0 Å². The number of hydrogen-bond donors (Lipinski definition) is 2. The first-order valence-corrected chi connectivity index (χ1v) is 9.49. The van der Waals surface area contributed by atoms with E-state index < -0.39 is 0 Å². The highest BCUT2D eigenvalue weighted by molar-refractivity contribution is 9.10. The molecule has 2 aliphatic rings. The maximum absolute atomic E-state index is 10.4. The van der Waals surface area contributed by atoms with Crippen molar-refractivity contribution < 1.29 is 5.11 Å². The summed E-state index contributed by atoms with van der Waals surface area (Å²) in [4.78, 5) is 0. The molecule has 3 atom stereocenters. The van der Waals surface area contributed by atoms with Gasteiger partial charge in [0.2, 0.25) is 0 Å². The molecular formula is C18H13BrCl3NO. The second kappa shape index (κ2) is 6.14. The van der Waals surface area contributed by atoms with Crippen LogP contribution in [0.15, 0.2) is 40.9 Å². The van der Waals surface area contributed by atoms with Gasteiger partial charge in [0.1, 0.15) is 5.75 Å². The van der Waals surface area contributed by atoms with Gasteiger partial charge in [-0.25, -0.2) is 0 Å². The van der Waals surface area contributed by atoms with Gasteiger partial charge < -0.3 is 10.4 Å². The molecule has 0 radical (unpaired) electrons. The predicted octanol–water partition coefficient (Wildman–Crippen LogP) is 6.94. The van der Waals surface area contributed by atoms with Crippen LogP contribution in [0.1, 0.15) is 29.5 Å². The molecule has 0 spiro atoms. The molecule has 1 heterocycles. The molecule has 3 unspecified atom stereocenters. The molecule has 2 aromatic carbocycles. The second-order valence-corrected chi connectivity index (χ2v) is 8.23. The molecule has 2 aromatic rings. The Balaban J connectivity index is 1.90. The number of anilines is 1. The summed E-state index contributed by atoms with van der Waals surface area (Å²) in [5.41, 5.74) is 2.58.